The molecule has 4 nitrogen and oxygen atoms in total. The molecular formula is C16H8F6N4. The fraction of sp³-hybridized carbons (Fsp3) is 0.125. The standard InChI is InChI=1S/C16H8F6N4/c17-15(18,19)12-9(10-8-25-5-2-1-3-11(25)24-10)7-26-6-4-23-14(26)13(12)16(20,21)22/h1-8H. The predicted molar refractivity (Wildman–Crippen MR) is 79.4 cm³/mol. The van der Waals surface area contributed by atoms with Crippen LogP contribution in [0.1, 0.15) is 11.1 Å². The van der Waals surface area contributed by atoms with Crippen LogP contribution < -0.4 is 0 Å². The number of imidazole rings is 2. The number of aromatic nitrogens is 4. The van der Waals surface area contributed by atoms with Crippen molar-refractivity contribution in [3.05, 3.63) is 60.3 Å². The van der Waals surface area contributed by atoms with Gasteiger partial charge in [-0.3, -0.25) is 0 Å². The van der Waals surface area contributed by atoms with Crippen molar-refractivity contribution >= 4 is 11.3 Å². The number of fused-ring (bicyclic) bond motifs is 2. The minimum atomic E-state index is -5.25. The van der Waals surface area contributed by atoms with Crippen molar-refractivity contribution in [1.29, 1.82) is 0 Å². The van der Waals surface area contributed by atoms with Gasteiger partial charge in [0.25, 0.3) is 0 Å². The smallest absolute Gasteiger partial charge is 0.306 e. The van der Waals surface area contributed by atoms with E-state index in [4.69, 9.17) is 0 Å². The van der Waals surface area contributed by atoms with Crippen molar-refractivity contribution in [2.45, 2.75) is 12.4 Å². The van der Waals surface area contributed by atoms with Crippen LogP contribution in [0.25, 0.3) is 22.6 Å². The molecule has 0 saturated carbocycles. The number of hydrogen-bond donors (Lipinski definition) is 0. The number of alkyl halides is 6. The molecule has 10 heteroatoms. The molecule has 0 spiro atoms. The summed E-state index contributed by atoms with van der Waals surface area (Å²) in [7, 11) is 0. The molecular weight excluding hydrogens is 362 g/mol. The zero-order chi connectivity index (χ0) is 18.7. The van der Waals surface area contributed by atoms with Gasteiger partial charge >= 0.3 is 12.4 Å². The molecule has 0 aliphatic heterocycles. The van der Waals surface area contributed by atoms with Gasteiger partial charge in [0.2, 0.25) is 0 Å². The van der Waals surface area contributed by atoms with Crippen LogP contribution in [0, 0.1) is 0 Å². The summed E-state index contributed by atoms with van der Waals surface area (Å²) < 4.78 is 83.8. The van der Waals surface area contributed by atoms with Gasteiger partial charge in [-0.2, -0.15) is 26.3 Å². The lowest BCUT2D eigenvalue weighted by molar-refractivity contribution is -0.161. The van der Waals surface area contributed by atoms with Gasteiger partial charge in [0.05, 0.1) is 11.3 Å². The summed E-state index contributed by atoms with van der Waals surface area (Å²) in [6.07, 6.45) is -4.57. The average Bonchev–Trinajstić information content (AvgIpc) is 3.17. The summed E-state index contributed by atoms with van der Waals surface area (Å²) in [6, 6.07) is 4.79. The molecule has 0 amide bonds. The Morgan fingerprint density at radius 3 is 2.19 bits per heavy atom. The van der Waals surface area contributed by atoms with Crippen LogP contribution in [-0.4, -0.2) is 18.8 Å². The predicted octanol–water partition coefficient (Wildman–Crippen LogP) is 4.69. The van der Waals surface area contributed by atoms with Crippen molar-refractivity contribution in [3.8, 4) is 11.3 Å². The van der Waals surface area contributed by atoms with Crippen molar-refractivity contribution in [2.24, 2.45) is 0 Å². The van der Waals surface area contributed by atoms with Gasteiger partial charge in [-0.15, -0.1) is 0 Å². The van der Waals surface area contributed by atoms with E-state index in [0.29, 0.717) is 5.65 Å². The molecule has 0 radical (unpaired) electrons. The first kappa shape index (κ1) is 16.4. The molecule has 4 aromatic rings. The Bertz CT molecular complexity index is 1090. The highest BCUT2D eigenvalue weighted by molar-refractivity contribution is 5.72. The minimum absolute atomic E-state index is 0.218. The number of rotatable bonds is 1. The molecule has 4 aromatic heterocycles. The maximum atomic E-state index is 13.6. The van der Waals surface area contributed by atoms with E-state index in [1.54, 1.807) is 18.3 Å². The van der Waals surface area contributed by atoms with Crippen LogP contribution in [0.4, 0.5) is 26.3 Å². The van der Waals surface area contributed by atoms with Crippen molar-refractivity contribution in [1.82, 2.24) is 18.8 Å². The molecule has 4 rings (SSSR count). The summed E-state index contributed by atoms with van der Waals surface area (Å²) in [4.78, 5) is 7.49. The fourth-order valence-electron chi connectivity index (χ4n) is 2.88. The molecule has 0 unspecified atom stereocenters. The second-order valence-corrected chi connectivity index (χ2v) is 5.54. The largest absolute Gasteiger partial charge is 0.420 e. The normalized spacial score (nSPS) is 13.0. The van der Waals surface area contributed by atoms with Gasteiger partial charge < -0.3 is 8.80 Å². The third-order valence-electron chi connectivity index (χ3n) is 3.89. The highest BCUT2D eigenvalue weighted by atomic mass is 19.4. The lowest BCUT2D eigenvalue weighted by Gasteiger charge is -2.19. The van der Waals surface area contributed by atoms with Crippen LogP contribution in [0.2, 0.25) is 0 Å². The molecule has 134 valence electrons. The number of pyridine rings is 2. The van der Waals surface area contributed by atoms with E-state index in [-0.39, 0.29) is 5.69 Å². The third-order valence-corrected chi connectivity index (χ3v) is 3.89. The van der Waals surface area contributed by atoms with E-state index in [9.17, 15) is 26.3 Å². The fourth-order valence-corrected chi connectivity index (χ4v) is 2.88. The van der Waals surface area contributed by atoms with Crippen LogP contribution in [0.5, 0.6) is 0 Å². The molecule has 4 heterocycles. The number of nitrogens with zero attached hydrogens (tertiary/aromatic N) is 4. The number of hydrogen-bond acceptors (Lipinski definition) is 2. The monoisotopic (exact) mass is 370 g/mol. The van der Waals surface area contributed by atoms with Gasteiger partial charge in [-0.1, -0.05) is 6.07 Å². The maximum Gasteiger partial charge on any atom is 0.420 e. The molecule has 0 atom stereocenters. The topological polar surface area (TPSA) is 34.6 Å². The Labute approximate surface area is 141 Å². The first-order chi connectivity index (χ1) is 12.2. The minimum Gasteiger partial charge on any atom is -0.306 e. The van der Waals surface area contributed by atoms with E-state index in [0.717, 1.165) is 23.0 Å². The van der Waals surface area contributed by atoms with E-state index in [1.807, 2.05) is 0 Å². The van der Waals surface area contributed by atoms with Crippen LogP contribution in [0.15, 0.2) is 49.2 Å². The quantitative estimate of drug-likeness (QED) is 0.456. The Morgan fingerprint density at radius 2 is 1.54 bits per heavy atom. The average molecular weight is 370 g/mol. The summed E-state index contributed by atoms with van der Waals surface area (Å²) >= 11 is 0. The van der Waals surface area contributed by atoms with E-state index < -0.39 is 34.7 Å². The second kappa shape index (κ2) is 5.23. The van der Waals surface area contributed by atoms with Gasteiger partial charge in [0, 0.05) is 36.5 Å². The Balaban J connectivity index is 2.14. The van der Waals surface area contributed by atoms with Crippen molar-refractivity contribution < 1.29 is 26.3 Å². The summed E-state index contributed by atoms with van der Waals surface area (Å²) in [6.45, 7) is 0. The van der Waals surface area contributed by atoms with E-state index >= 15 is 0 Å². The lowest BCUT2D eigenvalue weighted by atomic mass is 10.0. The Hall–Kier alpha value is -3.04. The summed E-state index contributed by atoms with van der Waals surface area (Å²) in [5.74, 6) is 0. The molecule has 26 heavy (non-hydrogen) atoms. The Kier molecular flexibility index (Phi) is 3.30. The second-order valence-electron chi connectivity index (χ2n) is 5.54. The van der Waals surface area contributed by atoms with Gasteiger partial charge in [-0.05, 0) is 12.1 Å². The molecule has 0 N–H and O–H groups in total. The van der Waals surface area contributed by atoms with Crippen molar-refractivity contribution in [3.63, 3.8) is 0 Å². The van der Waals surface area contributed by atoms with Crippen molar-refractivity contribution in [2.75, 3.05) is 0 Å². The van der Waals surface area contributed by atoms with Gasteiger partial charge in [0.1, 0.15) is 16.9 Å². The molecule has 0 aliphatic carbocycles. The highest BCUT2D eigenvalue weighted by Crippen LogP contribution is 2.46. The zero-order valence-corrected chi connectivity index (χ0v) is 12.7. The molecule has 0 aliphatic rings. The molecule has 0 bridgehead atoms. The molecule has 0 aromatic carbocycles. The van der Waals surface area contributed by atoms with E-state index in [1.165, 1.54) is 16.7 Å². The van der Waals surface area contributed by atoms with Crippen LogP contribution in [-0.2, 0) is 12.4 Å². The van der Waals surface area contributed by atoms with Gasteiger partial charge in [-0.25, -0.2) is 9.97 Å². The first-order valence-corrected chi connectivity index (χ1v) is 7.24. The Morgan fingerprint density at radius 1 is 0.808 bits per heavy atom. The highest BCUT2D eigenvalue weighted by Gasteiger charge is 2.47. The number of halogens is 6. The summed E-state index contributed by atoms with van der Waals surface area (Å²) in [5.41, 5.74) is -5.01. The zero-order valence-electron chi connectivity index (χ0n) is 12.7. The molecule has 0 fully saturated rings. The summed E-state index contributed by atoms with van der Waals surface area (Å²) in [5, 5.41) is 0. The van der Waals surface area contributed by atoms with Gasteiger partial charge in [0.15, 0.2) is 0 Å². The van der Waals surface area contributed by atoms with Crippen LogP contribution in [0.3, 0.4) is 0 Å². The third kappa shape index (κ3) is 2.49. The lowest BCUT2D eigenvalue weighted by Crippen LogP contribution is -2.20. The maximum absolute atomic E-state index is 13.6. The van der Waals surface area contributed by atoms with E-state index in [2.05, 4.69) is 9.97 Å². The first-order valence-electron chi connectivity index (χ1n) is 7.24. The van der Waals surface area contributed by atoms with Crippen LogP contribution >= 0.6 is 0 Å². The molecule has 0 saturated heterocycles. The SMILES string of the molecule is FC(F)(F)c1c(-c2cn3ccccc3n2)cn2ccnc2c1C(F)(F)F.